The third-order valence-corrected chi connectivity index (χ3v) is 2.91. The molecule has 0 aliphatic rings. The third-order valence-electron chi connectivity index (χ3n) is 2.91. The lowest BCUT2D eigenvalue weighted by atomic mass is 10.2. The highest BCUT2D eigenvalue weighted by atomic mass is 19.1. The zero-order valence-corrected chi connectivity index (χ0v) is 12.1. The van der Waals surface area contributed by atoms with Crippen LogP contribution in [0.4, 0.5) is 21.8 Å². The highest BCUT2D eigenvalue weighted by Gasteiger charge is 2.12. The lowest BCUT2D eigenvalue weighted by Gasteiger charge is -2.05. The number of hydrogen-bond donors (Lipinski definition) is 2. The molecule has 0 bridgehead atoms. The van der Waals surface area contributed by atoms with Crippen molar-refractivity contribution in [3.05, 3.63) is 59.6 Å². The van der Waals surface area contributed by atoms with Gasteiger partial charge in [-0.15, -0.1) is 10.2 Å². The van der Waals surface area contributed by atoms with Gasteiger partial charge in [0.05, 0.1) is 5.56 Å². The van der Waals surface area contributed by atoms with E-state index >= 15 is 0 Å². The van der Waals surface area contributed by atoms with Gasteiger partial charge in [0.2, 0.25) is 0 Å². The van der Waals surface area contributed by atoms with Crippen LogP contribution in [0.3, 0.4) is 0 Å². The summed E-state index contributed by atoms with van der Waals surface area (Å²) in [6, 6.07) is 10.5. The molecule has 0 unspecified atom stereocenters. The van der Waals surface area contributed by atoms with Gasteiger partial charge in [-0.1, -0.05) is 17.3 Å². The summed E-state index contributed by atoms with van der Waals surface area (Å²) in [6.45, 7) is 1.77. The Labute approximate surface area is 130 Å². The number of rotatable bonds is 4. The standard InChI is InChI=1S/C15H12FN5O2/c1-9-8-14(21-23-9)17-12-6-7-13(20-19-12)18-15(22)10-4-2-3-5-11(10)16/h2-8H,1H3,(H,17,19,21)(H,18,20,22). The number of halogens is 1. The van der Waals surface area contributed by atoms with Gasteiger partial charge in [-0.3, -0.25) is 4.79 Å². The van der Waals surface area contributed by atoms with Gasteiger partial charge in [0.1, 0.15) is 11.6 Å². The number of anilines is 3. The second kappa shape index (κ2) is 6.22. The number of benzene rings is 1. The molecule has 0 fully saturated rings. The summed E-state index contributed by atoms with van der Waals surface area (Å²) < 4.78 is 18.4. The first-order valence-corrected chi connectivity index (χ1v) is 6.72. The Balaban J connectivity index is 1.68. The number of hydrogen-bond acceptors (Lipinski definition) is 6. The molecule has 2 heterocycles. The van der Waals surface area contributed by atoms with Crippen LogP contribution in [0.25, 0.3) is 0 Å². The molecule has 0 aliphatic heterocycles. The molecular weight excluding hydrogens is 301 g/mol. The molecular formula is C15H12FN5O2. The van der Waals surface area contributed by atoms with E-state index < -0.39 is 11.7 Å². The Kier molecular flexibility index (Phi) is 3.96. The topological polar surface area (TPSA) is 92.9 Å². The molecule has 1 amide bonds. The number of aryl methyl sites for hydroxylation is 1. The maximum atomic E-state index is 13.5. The summed E-state index contributed by atoms with van der Waals surface area (Å²) >= 11 is 0. The quantitative estimate of drug-likeness (QED) is 0.769. The fourth-order valence-electron chi connectivity index (χ4n) is 1.85. The summed E-state index contributed by atoms with van der Waals surface area (Å²) in [4.78, 5) is 12.0. The number of amides is 1. The van der Waals surface area contributed by atoms with Gasteiger partial charge in [0.15, 0.2) is 17.5 Å². The van der Waals surface area contributed by atoms with Gasteiger partial charge in [0, 0.05) is 6.07 Å². The Morgan fingerprint density at radius 1 is 1.09 bits per heavy atom. The maximum absolute atomic E-state index is 13.5. The molecule has 7 nitrogen and oxygen atoms in total. The van der Waals surface area contributed by atoms with Gasteiger partial charge in [-0.05, 0) is 31.2 Å². The number of carbonyl (C=O) groups is 1. The van der Waals surface area contributed by atoms with Gasteiger partial charge >= 0.3 is 0 Å². The summed E-state index contributed by atoms with van der Waals surface area (Å²) in [5.74, 6) is 0.611. The summed E-state index contributed by atoms with van der Waals surface area (Å²) in [5.41, 5.74) is -0.0606. The predicted molar refractivity (Wildman–Crippen MR) is 80.9 cm³/mol. The lowest BCUT2D eigenvalue weighted by molar-refractivity contribution is 0.102. The van der Waals surface area contributed by atoms with Crippen molar-refractivity contribution in [1.29, 1.82) is 0 Å². The average Bonchev–Trinajstić information content (AvgIpc) is 2.95. The molecule has 3 rings (SSSR count). The van der Waals surface area contributed by atoms with Crippen molar-refractivity contribution in [1.82, 2.24) is 15.4 Å². The fourth-order valence-corrected chi connectivity index (χ4v) is 1.85. The minimum atomic E-state index is -0.599. The second-order valence-electron chi connectivity index (χ2n) is 4.69. The van der Waals surface area contributed by atoms with Crippen LogP contribution in [0.1, 0.15) is 16.1 Å². The number of aromatic nitrogens is 3. The van der Waals surface area contributed by atoms with E-state index in [1.54, 1.807) is 31.2 Å². The van der Waals surface area contributed by atoms with E-state index in [-0.39, 0.29) is 11.4 Å². The molecule has 0 spiro atoms. The molecule has 2 aromatic heterocycles. The van der Waals surface area contributed by atoms with Gasteiger partial charge in [0.25, 0.3) is 5.91 Å². The minimum absolute atomic E-state index is 0.0606. The third kappa shape index (κ3) is 3.49. The Hall–Kier alpha value is -3.29. The molecule has 1 aromatic carbocycles. The molecule has 0 saturated heterocycles. The van der Waals surface area contributed by atoms with Crippen LogP contribution in [-0.4, -0.2) is 21.3 Å². The smallest absolute Gasteiger partial charge is 0.259 e. The van der Waals surface area contributed by atoms with Crippen LogP contribution in [0.2, 0.25) is 0 Å². The molecule has 116 valence electrons. The maximum Gasteiger partial charge on any atom is 0.259 e. The minimum Gasteiger partial charge on any atom is -0.360 e. The van der Waals surface area contributed by atoms with Crippen molar-refractivity contribution in [2.75, 3.05) is 10.6 Å². The molecule has 0 radical (unpaired) electrons. The van der Waals surface area contributed by atoms with Crippen molar-refractivity contribution in [3.63, 3.8) is 0 Å². The highest BCUT2D eigenvalue weighted by Crippen LogP contribution is 2.15. The van der Waals surface area contributed by atoms with E-state index in [1.165, 1.54) is 18.2 Å². The molecule has 8 heteroatoms. The van der Waals surface area contributed by atoms with Gasteiger partial charge in [-0.25, -0.2) is 4.39 Å². The zero-order valence-electron chi connectivity index (χ0n) is 12.1. The van der Waals surface area contributed by atoms with Crippen LogP contribution in [-0.2, 0) is 0 Å². The number of nitrogens with zero attached hydrogens (tertiary/aromatic N) is 3. The fraction of sp³-hybridized carbons (Fsp3) is 0.0667. The number of nitrogens with one attached hydrogen (secondary N) is 2. The summed E-state index contributed by atoms with van der Waals surface area (Å²) in [5, 5.41) is 16.9. The van der Waals surface area contributed by atoms with Gasteiger partial charge < -0.3 is 15.2 Å². The van der Waals surface area contributed by atoms with E-state index in [2.05, 4.69) is 26.0 Å². The van der Waals surface area contributed by atoms with E-state index in [1.807, 2.05) is 0 Å². The summed E-state index contributed by atoms with van der Waals surface area (Å²) in [6.07, 6.45) is 0. The molecule has 0 atom stereocenters. The predicted octanol–water partition coefficient (Wildman–Crippen LogP) is 2.91. The van der Waals surface area contributed by atoms with Crippen molar-refractivity contribution in [2.45, 2.75) is 6.92 Å². The second-order valence-corrected chi connectivity index (χ2v) is 4.69. The summed E-state index contributed by atoms with van der Waals surface area (Å²) in [7, 11) is 0. The van der Waals surface area contributed by atoms with Crippen LogP contribution in [0.5, 0.6) is 0 Å². The molecule has 2 N–H and O–H groups in total. The van der Waals surface area contributed by atoms with Crippen molar-refractivity contribution >= 4 is 23.4 Å². The van der Waals surface area contributed by atoms with Crippen molar-refractivity contribution in [3.8, 4) is 0 Å². The first-order chi connectivity index (χ1) is 11.1. The monoisotopic (exact) mass is 313 g/mol. The van der Waals surface area contributed by atoms with Gasteiger partial charge in [-0.2, -0.15) is 0 Å². The molecule has 23 heavy (non-hydrogen) atoms. The Morgan fingerprint density at radius 3 is 2.48 bits per heavy atom. The molecule has 0 aliphatic carbocycles. The van der Waals surface area contributed by atoms with Crippen molar-refractivity contribution in [2.24, 2.45) is 0 Å². The SMILES string of the molecule is Cc1cc(Nc2ccc(NC(=O)c3ccccc3F)nn2)no1. The molecule has 3 aromatic rings. The van der Waals surface area contributed by atoms with Crippen molar-refractivity contribution < 1.29 is 13.7 Å². The van der Waals surface area contributed by atoms with Crippen LogP contribution in [0, 0.1) is 12.7 Å². The normalized spacial score (nSPS) is 10.3. The van der Waals surface area contributed by atoms with Crippen LogP contribution >= 0.6 is 0 Å². The van der Waals surface area contributed by atoms with E-state index in [0.717, 1.165) is 0 Å². The largest absolute Gasteiger partial charge is 0.360 e. The molecule has 0 saturated carbocycles. The van der Waals surface area contributed by atoms with E-state index in [9.17, 15) is 9.18 Å². The Morgan fingerprint density at radius 2 is 1.83 bits per heavy atom. The Bertz CT molecular complexity index is 832. The zero-order chi connectivity index (χ0) is 16.2. The highest BCUT2D eigenvalue weighted by molar-refractivity contribution is 6.03. The first-order valence-electron chi connectivity index (χ1n) is 6.72. The first kappa shape index (κ1) is 14.6. The average molecular weight is 313 g/mol. The van der Waals surface area contributed by atoms with Crippen LogP contribution < -0.4 is 10.6 Å². The van der Waals surface area contributed by atoms with Crippen LogP contribution in [0.15, 0.2) is 47.0 Å². The van der Waals surface area contributed by atoms with E-state index in [4.69, 9.17) is 4.52 Å². The number of carbonyl (C=O) groups excluding carboxylic acids is 1. The van der Waals surface area contributed by atoms with E-state index in [0.29, 0.717) is 17.4 Å². The lowest BCUT2D eigenvalue weighted by Crippen LogP contribution is -2.15.